The lowest BCUT2D eigenvalue weighted by Crippen LogP contribution is -2.29. The molecule has 0 bridgehead atoms. The van der Waals surface area contributed by atoms with Crippen LogP contribution in [0.15, 0.2) is 47.9 Å². The number of nitrogens with zero attached hydrogens (tertiary/aromatic N) is 2. The van der Waals surface area contributed by atoms with E-state index in [1.807, 2.05) is 0 Å². The van der Waals surface area contributed by atoms with Crippen LogP contribution < -0.4 is 5.32 Å². The van der Waals surface area contributed by atoms with Crippen molar-refractivity contribution in [3.63, 3.8) is 0 Å². The minimum Gasteiger partial charge on any atom is -0.349 e. The predicted molar refractivity (Wildman–Crippen MR) is 85.1 cm³/mol. The Morgan fingerprint density at radius 1 is 1.24 bits per heavy atom. The third-order valence-electron chi connectivity index (χ3n) is 3.10. The number of amides is 1. The molecule has 0 fully saturated rings. The van der Waals surface area contributed by atoms with Crippen molar-refractivity contribution in [1.82, 2.24) is 15.3 Å². The number of hydrogen-bond acceptors (Lipinski definition) is 4. The van der Waals surface area contributed by atoms with E-state index in [0.717, 1.165) is 12.0 Å². The molecule has 0 saturated carbocycles. The van der Waals surface area contributed by atoms with Crippen molar-refractivity contribution >= 4 is 17.7 Å². The van der Waals surface area contributed by atoms with Crippen molar-refractivity contribution < 1.29 is 4.79 Å². The Morgan fingerprint density at radius 2 is 1.90 bits per heavy atom. The molecule has 0 aliphatic heterocycles. The molecule has 1 aromatic carbocycles. The van der Waals surface area contributed by atoms with Crippen LogP contribution in [-0.4, -0.2) is 21.6 Å². The highest BCUT2D eigenvalue weighted by Crippen LogP contribution is 2.18. The first-order valence-corrected chi connectivity index (χ1v) is 7.93. The van der Waals surface area contributed by atoms with Crippen molar-refractivity contribution in [3.8, 4) is 0 Å². The fourth-order valence-corrected chi connectivity index (χ4v) is 2.56. The summed E-state index contributed by atoms with van der Waals surface area (Å²) in [7, 11) is 0. The van der Waals surface area contributed by atoms with Crippen LogP contribution >= 0.6 is 11.8 Å². The molecule has 110 valence electrons. The van der Waals surface area contributed by atoms with E-state index in [4.69, 9.17) is 0 Å². The minimum atomic E-state index is -0.000113. The van der Waals surface area contributed by atoms with Gasteiger partial charge in [0, 0.05) is 12.4 Å². The molecule has 1 amide bonds. The lowest BCUT2D eigenvalue weighted by atomic mass is 10.0. The number of carbonyl (C=O) groups is 1. The van der Waals surface area contributed by atoms with E-state index in [2.05, 4.69) is 53.4 Å². The average Bonchev–Trinajstić information content (AvgIpc) is 2.52. The van der Waals surface area contributed by atoms with Crippen LogP contribution in [0.2, 0.25) is 0 Å². The zero-order valence-corrected chi connectivity index (χ0v) is 13.1. The summed E-state index contributed by atoms with van der Waals surface area (Å²) in [5.74, 6) is 0.326. The van der Waals surface area contributed by atoms with Gasteiger partial charge in [0.1, 0.15) is 0 Å². The number of thioether (sulfide) groups is 1. The Labute approximate surface area is 129 Å². The summed E-state index contributed by atoms with van der Waals surface area (Å²) in [6, 6.07) is 10.1. The number of rotatable bonds is 6. The van der Waals surface area contributed by atoms with E-state index in [9.17, 15) is 4.79 Å². The molecule has 1 unspecified atom stereocenters. The van der Waals surface area contributed by atoms with E-state index < -0.39 is 0 Å². The van der Waals surface area contributed by atoms with Gasteiger partial charge in [-0.15, -0.1) is 0 Å². The Bertz CT molecular complexity index is 572. The number of aryl methyl sites for hydroxylation is 1. The Kier molecular flexibility index (Phi) is 5.75. The summed E-state index contributed by atoms with van der Waals surface area (Å²) in [5, 5.41) is 3.68. The van der Waals surface area contributed by atoms with E-state index in [1.165, 1.54) is 17.3 Å². The molecular weight excluding hydrogens is 282 g/mol. The smallest absolute Gasteiger partial charge is 0.230 e. The van der Waals surface area contributed by atoms with Gasteiger partial charge in [0.2, 0.25) is 5.91 Å². The molecule has 0 radical (unpaired) electrons. The van der Waals surface area contributed by atoms with Gasteiger partial charge in [-0.25, -0.2) is 9.97 Å². The number of hydrogen-bond donors (Lipinski definition) is 1. The van der Waals surface area contributed by atoms with Gasteiger partial charge in [0.25, 0.3) is 0 Å². The van der Waals surface area contributed by atoms with Gasteiger partial charge in [0.15, 0.2) is 5.16 Å². The minimum absolute atomic E-state index is 0.000113. The lowest BCUT2D eigenvalue weighted by Gasteiger charge is -2.17. The highest BCUT2D eigenvalue weighted by molar-refractivity contribution is 7.99. The summed E-state index contributed by atoms with van der Waals surface area (Å²) < 4.78 is 0. The van der Waals surface area contributed by atoms with Crippen LogP contribution in [0.1, 0.15) is 30.5 Å². The second-order valence-electron chi connectivity index (χ2n) is 4.76. The number of carbonyl (C=O) groups excluding carboxylic acids is 1. The molecule has 0 saturated heterocycles. The maximum Gasteiger partial charge on any atom is 0.230 e. The molecule has 0 aliphatic rings. The maximum absolute atomic E-state index is 12.0. The molecule has 1 atom stereocenters. The molecule has 1 heterocycles. The molecule has 1 aromatic heterocycles. The van der Waals surface area contributed by atoms with Crippen LogP contribution in [-0.2, 0) is 4.79 Å². The van der Waals surface area contributed by atoms with Gasteiger partial charge in [-0.1, -0.05) is 48.5 Å². The number of aromatic nitrogens is 2. The highest BCUT2D eigenvalue weighted by Gasteiger charge is 2.13. The van der Waals surface area contributed by atoms with Crippen LogP contribution in [0.25, 0.3) is 0 Å². The Balaban J connectivity index is 1.89. The fourth-order valence-electron chi connectivity index (χ4n) is 1.95. The maximum atomic E-state index is 12.0. The normalized spacial score (nSPS) is 11.9. The Morgan fingerprint density at radius 3 is 2.52 bits per heavy atom. The molecule has 1 N–H and O–H groups in total. The van der Waals surface area contributed by atoms with Gasteiger partial charge in [0.05, 0.1) is 11.8 Å². The molecule has 0 aliphatic carbocycles. The van der Waals surface area contributed by atoms with Crippen molar-refractivity contribution in [2.75, 3.05) is 5.75 Å². The summed E-state index contributed by atoms with van der Waals surface area (Å²) >= 11 is 1.34. The second-order valence-corrected chi connectivity index (χ2v) is 5.70. The van der Waals surface area contributed by atoms with Gasteiger partial charge in [-0.2, -0.15) is 0 Å². The summed E-state index contributed by atoms with van der Waals surface area (Å²) in [5.41, 5.74) is 2.36. The fraction of sp³-hybridized carbons (Fsp3) is 0.312. The average molecular weight is 301 g/mol. The topological polar surface area (TPSA) is 54.9 Å². The first kappa shape index (κ1) is 15.5. The SMILES string of the molecule is CCC(NC(=O)CSc1ncccn1)c1ccc(C)cc1. The van der Waals surface area contributed by atoms with Gasteiger partial charge < -0.3 is 5.32 Å². The van der Waals surface area contributed by atoms with E-state index >= 15 is 0 Å². The summed E-state index contributed by atoms with van der Waals surface area (Å²) in [6.45, 7) is 4.12. The van der Waals surface area contributed by atoms with E-state index in [0.29, 0.717) is 10.9 Å². The first-order chi connectivity index (χ1) is 10.2. The van der Waals surface area contributed by atoms with Crippen LogP contribution in [0.5, 0.6) is 0 Å². The number of nitrogens with one attached hydrogen (secondary N) is 1. The Hall–Kier alpha value is -1.88. The molecule has 2 rings (SSSR count). The van der Waals surface area contributed by atoms with E-state index in [1.54, 1.807) is 18.5 Å². The van der Waals surface area contributed by atoms with Gasteiger partial charge in [-0.3, -0.25) is 4.79 Å². The van der Waals surface area contributed by atoms with Crippen LogP contribution in [0, 0.1) is 6.92 Å². The molecular formula is C16H19N3OS. The largest absolute Gasteiger partial charge is 0.349 e. The van der Waals surface area contributed by atoms with Crippen LogP contribution in [0.4, 0.5) is 0 Å². The quantitative estimate of drug-likeness (QED) is 0.658. The highest BCUT2D eigenvalue weighted by atomic mass is 32.2. The molecule has 4 nitrogen and oxygen atoms in total. The lowest BCUT2D eigenvalue weighted by molar-refractivity contribution is -0.119. The van der Waals surface area contributed by atoms with E-state index in [-0.39, 0.29) is 11.9 Å². The predicted octanol–water partition coefficient (Wildman–Crippen LogP) is 3.14. The third kappa shape index (κ3) is 4.86. The molecule has 0 spiro atoms. The second kappa shape index (κ2) is 7.78. The zero-order chi connectivity index (χ0) is 15.1. The monoisotopic (exact) mass is 301 g/mol. The standard InChI is InChI=1S/C16H19N3OS/c1-3-14(13-7-5-12(2)6-8-13)19-15(20)11-21-16-17-9-4-10-18-16/h4-10,14H,3,11H2,1-2H3,(H,19,20). The molecule has 5 heteroatoms. The van der Waals surface area contributed by atoms with Crippen molar-refractivity contribution in [1.29, 1.82) is 0 Å². The first-order valence-electron chi connectivity index (χ1n) is 6.94. The third-order valence-corrected chi connectivity index (χ3v) is 3.97. The van der Waals surface area contributed by atoms with Crippen molar-refractivity contribution in [3.05, 3.63) is 53.9 Å². The van der Waals surface area contributed by atoms with Crippen LogP contribution in [0.3, 0.4) is 0 Å². The van der Waals surface area contributed by atoms with Crippen molar-refractivity contribution in [2.24, 2.45) is 0 Å². The summed E-state index contributed by atoms with van der Waals surface area (Å²) in [6.07, 6.45) is 4.21. The van der Waals surface area contributed by atoms with Gasteiger partial charge >= 0.3 is 0 Å². The molecule has 2 aromatic rings. The molecule has 21 heavy (non-hydrogen) atoms. The van der Waals surface area contributed by atoms with Gasteiger partial charge in [-0.05, 0) is 25.0 Å². The number of benzene rings is 1. The summed E-state index contributed by atoms with van der Waals surface area (Å²) in [4.78, 5) is 20.2. The zero-order valence-electron chi connectivity index (χ0n) is 12.2. The van der Waals surface area contributed by atoms with Crippen molar-refractivity contribution in [2.45, 2.75) is 31.5 Å².